The van der Waals surface area contributed by atoms with Crippen molar-refractivity contribution < 1.29 is 9.53 Å². The molecule has 0 spiro atoms. The number of methoxy groups -OCH3 is 1. The van der Waals surface area contributed by atoms with Gasteiger partial charge in [0.05, 0.1) is 13.2 Å². The highest BCUT2D eigenvalue weighted by atomic mass is 16.5. The predicted molar refractivity (Wildman–Crippen MR) is 64.2 cm³/mol. The number of carbonyl (C=O) groups is 1. The topological polar surface area (TPSA) is 41.6 Å². The first-order chi connectivity index (χ1) is 7.77. The Morgan fingerprint density at radius 2 is 2.56 bits per heavy atom. The summed E-state index contributed by atoms with van der Waals surface area (Å²) in [5.41, 5.74) is 1.28. The third-order valence-corrected chi connectivity index (χ3v) is 2.55. The number of hydrogen-bond donors (Lipinski definition) is 1. The van der Waals surface area contributed by atoms with E-state index in [1.165, 1.54) is 5.57 Å². The maximum absolute atomic E-state index is 11.7. The third-order valence-electron chi connectivity index (χ3n) is 2.55. The molecule has 90 valence electrons. The number of ether oxygens (including phenoxy) is 1. The molecule has 1 aliphatic rings. The van der Waals surface area contributed by atoms with E-state index in [2.05, 4.69) is 18.0 Å². The van der Waals surface area contributed by atoms with Gasteiger partial charge in [-0.1, -0.05) is 12.2 Å². The number of rotatable bonds is 6. The molecular formula is C12H20N2O2. The van der Waals surface area contributed by atoms with Crippen LogP contribution in [-0.4, -0.2) is 50.7 Å². The smallest absolute Gasteiger partial charge is 0.236 e. The molecule has 0 aliphatic carbocycles. The van der Waals surface area contributed by atoms with Crippen LogP contribution >= 0.6 is 0 Å². The van der Waals surface area contributed by atoms with Crippen molar-refractivity contribution in [3.05, 3.63) is 24.3 Å². The number of carbonyl (C=O) groups excluding carboxylic acids is 1. The van der Waals surface area contributed by atoms with Gasteiger partial charge in [0.15, 0.2) is 0 Å². The van der Waals surface area contributed by atoms with Gasteiger partial charge in [-0.2, -0.15) is 0 Å². The van der Waals surface area contributed by atoms with Crippen LogP contribution in [0.15, 0.2) is 24.3 Å². The molecule has 0 saturated carbocycles. The van der Waals surface area contributed by atoms with Crippen LogP contribution in [0, 0.1) is 0 Å². The van der Waals surface area contributed by atoms with E-state index in [9.17, 15) is 4.79 Å². The van der Waals surface area contributed by atoms with Gasteiger partial charge in [0.25, 0.3) is 0 Å². The summed E-state index contributed by atoms with van der Waals surface area (Å²) in [5.74, 6) is 0.148. The Labute approximate surface area is 97.0 Å². The summed E-state index contributed by atoms with van der Waals surface area (Å²) in [4.78, 5) is 13.6. The van der Waals surface area contributed by atoms with Crippen molar-refractivity contribution in [3.63, 3.8) is 0 Å². The van der Waals surface area contributed by atoms with Gasteiger partial charge in [0.2, 0.25) is 5.91 Å². The fraction of sp³-hybridized carbons (Fsp3) is 0.583. The maximum Gasteiger partial charge on any atom is 0.236 e. The number of nitrogens with one attached hydrogen (secondary N) is 1. The lowest BCUT2D eigenvalue weighted by Gasteiger charge is -2.26. The van der Waals surface area contributed by atoms with Gasteiger partial charge in [-0.3, -0.25) is 4.79 Å². The molecule has 0 bridgehead atoms. The van der Waals surface area contributed by atoms with Gasteiger partial charge in [-0.15, -0.1) is 6.58 Å². The van der Waals surface area contributed by atoms with Crippen molar-refractivity contribution >= 4 is 5.91 Å². The highest BCUT2D eigenvalue weighted by molar-refractivity contribution is 5.78. The van der Waals surface area contributed by atoms with E-state index in [0.717, 1.165) is 13.0 Å². The lowest BCUT2D eigenvalue weighted by molar-refractivity contribution is -0.129. The summed E-state index contributed by atoms with van der Waals surface area (Å²) in [6, 6.07) is 0. The van der Waals surface area contributed by atoms with Gasteiger partial charge < -0.3 is 15.0 Å². The van der Waals surface area contributed by atoms with Crippen LogP contribution in [0.4, 0.5) is 0 Å². The van der Waals surface area contributed by atoms with Crippen molar-refractivity contribution in [1.29, 1.82) is 0 Å². The zero-order chi connectivity index (χ0) is 11.8. The molecule has 1 N–H and O–H groups in total. The van der Waals surface area contributed by atoms with Crippen molar-refractivity contribution in [2.24, 2.45) is 0 Å². The molecule has 0 aromatic carbocycles. The largest absolute Gasteiger partial charge is 0.380 e. The molecule has 4 heteroatoms. The molecule has 0 saturated heterocycles. The molecule has 0 radical (unpaired) electrons. The van der Waals surface area contributed by atoms with E-state index >= 15 is 0 Å². The Morgan fingerprint density at radius 1 is 1.75 bits per heavy atom. The molecule has 0 atom stereocenters. The van der Waals surface area contributed by atoms with Gasteiger partial charge in [-0.25, -0.2) is 0 Å². The average molecular weight is 224 g/mol. The van der Waals surface area contributed by atoms with Crippen LogP contribution in [0.3, 0.4) is 0 Å². The highest BCUT2D eigenvalue weighted by Gasteiger charge is 2.16. The van der Waals surface area contributed by atoms with Gasteiger partial charge >= 0.3 is 0 Å². The molecule has 0 aromatic heterocycles. The normalized spacial score (nSPS) is 15.8. The fourth-order valence-electron chi connectivity index (χ4n) is 1.65. The van der Waals surface area contributed by atoms with Crippen molar-refractivity contribution in [2.75, 3.05) is 39.9 Å². The summed E-state index contributed by atoms with van der Waals surface area (Å²) in [6.07, 6.45) is 4.75. The minimum Gasteiger partial charge on any atom is -0.380 e. The Bertz CT molecular complexity index is 274. The van der Waals surface area contributed by atoms with Crippen LogP contribution < -0.4 is 5.32 Å². The summed E-state index contributed by atoms with van der Waals surface area (Å²) >= 11 is 0. The van der Waals surface area contributed by atoms with Crippen LogP contribution in [0.5, 0.6) is 0 Å². The summed E-state index contributed by atoms with van der Waals surface area (Å²) in [7, 11) is 1.69. The summed E-state index contributed by atoms with van der Waals surface area (Å²) in [6.45, 7) is 6.82. The second-order valence-corrected chi connectivity index (χ2v) is 3.80. The molecule has 1 amide bonds. The molecule has 0 fully saturated rings. The average Bonchev–Trinajstić information content (AvgIpc) is 2.30. The van der Waals surface area contributed by atoms with E-state index < -0.39 is 0 Å². The monoisotopic (exact) mass is 224 g/mol. The Kier molecular flexibility index (Phi) is 5.82. The van der Waals surface area contributed by atoms with Crippen LogP contribution in [0.25, 0.3) is 0 Å². The second-order valence-electron chi connectivity index (χ2n) is 3.80. The maximum atomic E-state index is 11.7. The van der Waals surface area contributed by atoms with E-state index in [1.54, 1.807) is 13.2 Å². The molecule has 0 unspecified atom stereocenters. The van der Waals surface area contributed by atoms with Crippen molar-refractivity contribution in [1.82, 2.24) is 10.2 Å². The van der Waals surface area contributed by atoms with E-state index in [0.29, 0.717) is 26.2 Å². The molecule has 1 aliphatic heterocycles. The Hall–Kier alpha value is -1.13. The lowest BCUT2D eigenvalue weighted by Crippen LogP contribution is -2.40. The van der Waals surface area contributed by atoms with Gasteiger partial charge in [0.1, 0.15) is 0 Å². The molecule has 4 nitrogen and oxygen atoms in total. The molecule has 0 aromatic rings. The van der Waals surface area contributed by atoms with Crippen molar-refractivity contribution in [2.45, 2.75) is 6.42 Å². The van der Waals surface area contributed by atoms with Crippen LogP contribution in [-0.2, 0) is 9.53 Å². The number of nitrogens with zero attached hydrogens (tertiary/aromatic N) is 1. The standard InChI is InChI=1S/C12H20N2O2/c1-3-6-13-9-12(15)14-7-4-11(5-8-14)10-16-2/h3-4,13H,1,5-10H2,2H3. The SMILES string of the molecule is C=CCNCC(=O)N1CC=C(COC)CC1. The fourth-order valence-corrected chi connectivity index (χ4v) is 1.65. The summed E-state index contributed by atoms with van der Waals surface area (Å²) in [5, 5.41) is 3.01. The minimum absolute atomic E-state index is 0.148. The first-order valence-corrected chi connectivity index (χ1v) is 5.54. The Morgan fingerprint density at radius 3 is 3.12 bits per heavy atom. The zero-order valence-corrected chi connectivity index (χ0v) is 9.87. The van der Waals surface area contributed by atoms with Gasteiger partial charge in [0, 0.05) is 26.7 Å². The first-order valence-electron chi connectivity index (χ1n) is 5.54. The summed E-state index contributed by atoms with van der Waals surface area (Å²) < 4.78 is 5.06. The van der Waals surface area contributed by atoms with Crippen LogP contribution in [0.1, 0.15) is 6.42 Å². The molecule has 1 heterocycles. The van der Waals surface area contributed by atoms with Crippen molar-refractivity contribution in [3.8, 4) is 0 Å². The van der Waals surface area contributed by atoms with E-state index in [4.69, 9.17) is 4.74 Å². The highest BCUT2D eigenvalue weighted by Crippen LogP contribution is 2.10. The van der Waals surface area contributed by atoms with E-state index in [-0.39, 0.29) is 5.91 Å². The van der Waals surface area contributed by atoms with Gasteiger partial charge in [-0.05, 0) is 12.0 Å². The quantitative estimate of drug-likeness (QED) is 0.529. The number of hydrogen-bond acceptors (Lipinski definition) is 3. The number of amides is 1. The third kappa shape index (κ3) is 4.16. The molecule has 16 heavy (non-hydrogen) atoms. The first kappa shape index (κ1) is 12.9. The Balaban J connectivity index is 2.29. The predicted octanol–water partition coefficient (Wildman–Crippen LogP) is 0.567. The second kappa shape index (κ2) is 7.19. The molecule has 1 rings (SSSR count). The minimum atomic E-state index is 0.148. The van der Waals surface area contributed by atoms with Crippen LogP contribution in [0.2, 0.25) is 0 Å². The lowest BCUT2D eigenvalue weighted by atomic mass is 10.1. The molecular weight excluding hydrogens is 204 g/mol. The zero-order valence-electron chi connectivity index (χ0n) is 9.87. The van der Waals surface area contributed by atoms with E-state index in [1.807, 2.05) is 4.90 Å².